The second-order valence-electron chi connectivity index (χ2n) is 5.48. The quantitative estimate of drug-likeness (QED) is 0.813. The third-order valence-corrected chi connectivity index (χ3v) is 2.62. The monoisotopic (exact) mass is 238 g/mol. The highest BCUT2D eigenvalue weighted by Crippen LogP contribution is 2.17. The van der Waals surface area contributed by atoms with Gasteiger partial charge in [0.05, 0.1) is 12.6 Å². The molecule has 1 aromatic heterocycles. The lowest BCUT2D eigenvalue weighted by Crippen LogP contribution is -2.51. The van der Waals surface area contributed by atoms with E-state index in [4.69, 9.17) is 5.73 Å². The second kappa shape index (κ2) is 5.31. The van der Waals surface area contributed by atoms with Crippen LogP contribution in [0.15, 0.2) is 18.5 Å². The van der Waals surface area contributed by atoms with Crippen molar-refractivity contribution in [2.24, 2.45) is 11.1 Å². The van der Waals surface area contributed by atoms with Gasteiger partial charge in [-0.3, -0.25) is 9.48 Å². The maximum atomic E-state index is 11.9. The van der Waals surface area contributed by atoms with Crippen LogP contribution < -0.4 is 11.1 Å². The predicted molar refractivity (Wildman–Crippen MR) is 67.3 cm³/mol. The zero-order valence-corrected chi connectivity index (χ0v) is 11.0. The summed E-state index contributed by atoms with van der Waals surface area (Å²) in [5, 5.41) is 6.99. The number of carbonyl (C=O) groups is 1. The molecule has 2 atom stereocenters. The number of hydrogen-bond acceptors (Lipinski definition) is 3. The fourth-order valence-electron chi connectivity index (χ4n) is 1.46. The van der Waals surface area contributed by atoms with Crippen LogP contribution in [0, 0.1) is 5.41 Å². The molecule has 0 saturated heterocycles. The number of nitrogens with two attached hydrogens (primary N) is 1. The van der Waals surface area contributed by atoms with Crippen LogP contribution in [-0.2, 0) is 11.3 Å². The summed E-state index contributed by atoms with van der Waals surface area (Å²) in [6.07, 6.45) is 3.59. The molecule has 1 amide bonds. The molecule has 5 heteroatoms. The summed E-state index contributed by atoms with van der Waals surface area (Å²) < 4.78 is 1.79. The van der Waals surface area contributed by atoms with Crippen LogP contribution in [0.2, 0.25) is 0 Å². The number of nitrogens with zero attached hydrogens (tertiary/aromatic N) is 2. The van der Waals surface area contributed by atoms with Gasteiger partial charge < -0.3 is 11.1 Å². The van der Waals surface area contributed by atoms with Gasteiger partial charge in [0, 0.05) is 18.4 Å². The van der Waals surface area contributed by atoms with E-state index in [1.807, 2.05) is 40.0 Å². The minimum absolute atomic E-state index is 0.01000. The van der Waals surface area contributed by atoms with E-state index in [0.29, 0.717) is 6.54 Å². The van der Waals surface area contributed by atoms with Crippen molar-refractivity contribution in [2.45, 2.75) is 46.3 Å². The zero-order chi connectivity index (χ0) is 13.1. The Kier molecular flexibility index (Phi) is 4.28. The van der Waals surface area contributed by atoms with Crippen LogP contribution in [0.25, 0.3) is 0 Å². The van der Waals surface area contributed by atoms with E-state index >= 15 is 0 Å². The number of carbonyl (C=O) groups excluding carboxylic acids is 1. The maximum Gasteiger partial charge on any atom is 0.237 e. The van der Waals surface area contributed by atoms with Crippen molar-refractivity contribution >= 4 is 5.91 Å². The second-order valence-corrected chi connectivity index (χ2v) is 5.48. The minimum Gasteiger partial charge on any atom is -0.350 e. The molecule has 0 bridgehead atoms. The Morgan fingerprint density at radius 3 is 2.65 bits per heavy atom. The van der Waals surface area contributed by atoms with Crippen molar-refractivity contribution in [2.75, 3.05) is 0 Å². The Hall–Kier alpha value is -1.36. The van der Waals surface area contributed by atoms with Gasteiger partial charge in [-0.05, 0) is 18.4 Å². The predicted octanol–water partition coefficient (Wildman–Crippen LogP) is 0.761. The summed E-state index contributed by atoms with van der Waals surface area (Å²) in [6, 6.07) is 1.37. The first-order chi connectivity index (χ1) is 7.80. The zero-order valence-electron chi connectivity index (χ0n) is 11.0. The van der Waals surface area contributed by atoms with E-state index in [0.717, 1.165) is 0 Å². The molecule has 0 aliphatic carbocycles. The van der Waals surface area contributed by atoms with E-state index in [9.17, 15) is 4.79 Å². The molecular weight excluding hydrogens is 216 g/mol. The fourth-order valence-corrected chi connectivity index (χ4v) is 1.46. The molecule has 0 spiro atoms. The molecule has 1 heterocycles. The molecule has 0 radical (unpaired) electrons. The average Bonchev–Trinajstić information content (AvgIpc) is 2.67. The highest BCUT2D eigenvalue weighted by molar-refractivity contribution is 5.82. The van der Waals surface area contributed by atoms with Crippen LogP contribution in [0.3, 0.4) is 0 Å². The van der Waals surface area contributed by atoms with Gasteiger partial charge in [0.1, 0.15) is 0 Å². The van der Waals surface area contributed by atoms with Gasteiger partial charge in [0.15, 0.2) is 0 Å². The number of hydrogen-bond donors (Lipinski definition) is 2. The summed E-state index contributed by atoms with van der Waals surface area (Å²) in [5.74, 6) is -0.114. The Balaban J connectivity index is 2.46. The number of nitrogens with one attached hydrogen (secondary N) is 1. The standard InChI is InChI=1S/C12H22N4O/c1-9(8-16-7-5-6-14-16)15-11(17)10(13)12(2,3)4/h5-7,9-10H,8,13H2,1-4H3,(H,15,17)/t9?,10-/m0/s1. The number of amides is 1. The lowest BCUT2D eigenvalue weighted by molar-refractivity contribution is -0.125. The van der Waals surface area contributed by atoms with Gasteiger partial charge in [0.25, 0.3) is 0 Å². The highest BCUT2D eigenvalue weighted by atomic mass is 16.2. The lowest BCUT2D eigenvalue weighted by Gasteiger charge is -2.27. The first kappa shape index (κ1) is 13.7. The minimum atomic E-state index is -0.498. The molecule has 5 nitrogen and oxygen atoms in total. The normalized spacial score (nSPS) is 15.4. The van der Waals surface area contributed by atoms with E-state index in [1.165, 1.54) is 0 Å². The molecule has 0 aromatic carbocycles. The lowest BCUT2D eigenvalue weighted by atomic mass is 9.87. The van der Waals surface area contributed by atoms with Crippen LogP contribution in [0.1, 0.15) is 27.7 Å². The average molecular weight is 238 g/mol. The summed E-state index contributed by atoms with van der Waals surface area (Å²) in [5.41, 5.74) is 5.65. The van der Waals surface area contributed by atoms with Crippen LogP contribution >= 0.6 is 0 Å². The third-order valence-electron chi connectivity index (χ3n) is 2.62. The summed E-state index contributed by atoms with van der Waals surface area (Å²) >= 11 is 0. The molecule has 3 N–H and O–H groups in total. The number of aromatic nitrogens is 2. The van der Waals surface area contributed by atoms with E-state index in [1.54, 1.807) is 10.9 Å². The van der Waals surface area contributed by atoms with Crippen LogP contribution in [-0.4, -0.2) is 27.8 Å². The molecule has 0 aliphatic heterocycles. The Morgan fingerprint density at radius 2 is 2.18 bits per heavy atom. The third kappa shape index (κ3) is 4.19. The molecule has 0 fully saturated rings. The van der Waals surface area contributed by atoms with Gasteiger partial charge in [0.2, 0.25) is 5.91 Å². The molecule has 17 heavy (non-hydrogen) atoms. The van der Waals surface area contributed by atoms with Gasteiger partial charge in [-0.25, -0.2) is 0 Å². The van der Waals surface area contributed by atoms with E-state index in [2.05, 4.69) is 10.4 Å². The molecule has 1 aromatic rings. The van der Waals surface area contributed by atoms with Crippen molar-refractivity contribution in [3.05, 3.63) is 18.5 Å². The summed E-state index contributed by atoms with van der Waals surface area (Å²) in [7, 11) is 0. The largest absolute Gasteiger partial charge is 0.350 e. The van der Waals surface area contributed by atoms with Crippen molar-refractivity contribution in [1.82, 2.24) is 15.1 Å². The number of rotatable bonds is 4. The molecule has 1 unspecified atom stereocenters. The van der Waals surface area contributed by atoms with Crippen LogP contribution in [0.5, 0.6) is 0 Å². The van der Waals surface area contributed by atoms with Gasteiger partial charge in [-0.15, -0.1) is 0 Å². The molecule has 0 saturated carbocycles. The van der Waals surface area contributed by atoms with Crippen molar-refractivity contribution in [3.8, 4) is 0 Å². The highest BCUT2D eigenvalue weighted by Gasteiger charge is 2.28. The van der Waals surface area contributed by atoms with Gasteiger partial charge in [-0.1, -0.05) is 20.8 Å². The summed E-state index contributed by atoms with van der Waals surface area (Å²) in [4.78, 5) is 11.9. The van der Waals surface area contributed by atoms with Crippen molar-refractivity contribution in [3.63, 3.8) is 0 Å². The topological polar surface area (TPSA) is 72.9 Å². The first-order valence-corrected chi connectivity index (χ1v) is 5.84. The van der Waals surface area contributed by atoms with Gasteiger partial charge >= 0.3 is 0 Å². The SMILES string of the molecule is CC(Cn1cccn1)NC(=O)[C@H](N)C(C)(C)C. The summed E-state index contributed by atoms with van der Waals surface area (Å²) in [6.45, 7) is 8.45. The van der Waals surface area contributed by atoms with E-state index < -0.39 is 6.04 Å². The molecule has 1 rings (SSSR count). The molecule has 0 aliphatic rings. The van der Waals surface area contributed by atoms with Crippen molar-refractivity contribution in [1.29, 1.82) is 0 Å². The van der Waals surface area contributed by atoms with Crippen molar-refractivity contribution < 1.29 is 4.79 Å². The fraction of sp³-hybridized carbons (Fsp3) is 0.667. The Labute approximate surface area is 102 Å². The molecule has 96 valence electrons. The first-order valence-electron chi connectivity index (χ1n) is 5.84. The molecular formula is C12H22N4O. The maximum absolute atomic E-state index is 11.9. The van der Waals surface area contributed by atoms with Gasteiger partial charge in [-0.2, -0.15) is 5.10 Å². The Morgan fingerprint density at radius 1 is 1.53 bits per heavy atom. The smallest absolute Gasteiger partial charge is 0.237 e. The van der Waals surface area contributed by atoms with E-state index in [-0.39, 0.29) is 17.4 Å². The Bertz CT molecular complexity index is 353. The van der Waals surface area contributed by atoms with Crippen LogP contribution in [0.4, 0.5) is 0 Å².